The van der Waals surface area contributed by atoms with Crippen molar-refractivity contribution in [3.63, 3.8) is 0 Å². The minimum Gasteiger partial charge on any atom is -0.355 e. The number of amides is 1. The van der Waals surface area contributed by atoms with E-state index in [9.17, 15) is 4.79 Å². The van der Waals surface area contributed by atoms with Crippen molar-refractivity contribution in [3.8, 4) is 0 Å². The van der Waals surface area contributed by atoms with Crippen LogP contribution >= 0.6 is 23.2 Å². The number of aryl methyl sites for hydroxylation is 1. The molecule has 0 heterocycles. The fourth-order valence-electron chi connectivity index (χ4n) is 2.47. The van der Waals surface area contributed by atoms with Gasteiger partial charge in [0.1, 0.15) is 0 Å². The molecule has 3 aromatic rings. The third-order valence-electron chi connectivity index (χ3n) is 3.77. The van der Waals surface area contributed by atoms with Gasteiger partial charge in [0.15, 0.2) is 0 Å². The van der Waals surface area contributed by atoms with Crippen LogP contribution in [0.2, 0.25) is 10.0 Å². The van der Waals surface area contributed by atoms with Crippen LogP contribution in [-0.4, -0.2) is 12.1 Å². The molecule has 0 fully saturated rings. The van der Waals surface area contributed by atoms with Crippen molar-refractivity contribution in [2.75, 3.05) is 5.32 Å². The zero-order valence-electron chi connectivity index (χ0n) is 14.5. The SMILES string of the molecule is Cc1cccc(Nc2cc(Cl)ccc2C(=O)N/N=C/c2ccc(Cl)cc2)c1. The molecule has 0 saturated heterocycles. The molecule has 6 heteroatoms. The first-order valence-corrected chi connectivity index (χ1v) is 8.99. The molecule has 0 aliphatic heterocycles. The fraction of sp³-hybridized carbons (Fsp3) is 0.0476. The summed E-state index contributed by atoms with van der Waals surface area (Å²) < 4.78 is 0. The number of hydrogen-bond acceptors (Lipinski definition) is 3. The van der Waals surface area contributed by atoms with Gasteiger partial charge in [-0.3, -0.25) is 4.79 Å². The Balaban J connectivity index is 1.76. The third-order valence-corrected chi connectivity index (χ3v) is 4.26. The largest absolute Gasteiger partial charge is 0.355 e. The van der Waals surface area contributed by atoms with E-state index < -0.39 is 0 Å². The highest BCUT2D eigenvalue weighted by atomic mass is 35.5. The van der Waals surface area contributed by atoms with Crippen molar-refractivity contribution in [3.05, 3.63) is 93.5 Å². The lowest BCUT2D eigenvalue weighted by Crippen LogP contribution is -2.19. The van der Waals surface area contributed by atoms with E-state index in [1.165, 1.54) is 0 Å². The minimum atomic E-state index is -0.341. The van der Waals surface area contributed by atoms with Crippen LogP contribution in [0, 0.1) is 6.92 Å². The molecule has 0 atom stereocenters. The predicted octanol–water partition coefficient (Wildman–Crippen LogP) is 5.81. The van der Waals surface area contributed by atoms with Gasteiger partial charge < -0.3 is 5.32 Å². The van der Waals surface area contributed by atoms with Gasteiger partial charge in [-0.05, 0) is 60.5 Å². The van der Waals surface area contributed by atoms with Crippen LogP contribution in [0.4, 0.5) is 11.4 Å². The first-order chi connectivity index (χ1) is 13.0. The predicted molar refractivity (Wildman–Crippen MR) is 112 cm³/mol. The average Bonchev–Trinajstić information content (AvgIpc) is 2.63. The first-order valence-electron chi connectivity index (χ1n) is 8.23. The molecular weight excluding hydrogens is 381 g/mol. The second-order valence-corrected chi connectivity index (χ2v) is 6.81. The van der Waals surface area contributed by atoms with Crippen molar-refractivity contribution < 1.29 is 4.79 Å². The minimum absolute atomic E-state index is 0.341. The monoisotopic (exact) mass is 397 g/mol. The summed E-state index contributed by atoms with van der Waals surface area (Å²) >= 11 is 12.0. The van der Waals surface area contributed by atoms with E-state index >= 15 is 0 Å². The van der Waals surface area contributed by atoms with E-state index in [-0.39, 0.29) is 5.91 Å². The summed E-state index contributed by atoms with van der Waals surface area (Å²) in [4.78, 5) is 12.5. The normalized spacial score (nSPS) is 10.8. The Hall–Kier alpha value is -2.82. The molecule has 3 rings (SSSR count). The van der Waals surface area contributed by atoms with Gasteiger partial charge in [-0.1, -0.05) is 47.5 Å². The lowest BCUT2D eigenvalue weighted by Gasteiger charge is -2.12. The number of carbonyl (C=O) groups is 1. The van der Waals surface area contributed by atoms with Crippen LogP contribution in [0.3, 0.4) is 0 Å². The van der Waals surface area contributed by atoms with Crippen molar-refractivity contribution in [1.29, 1.82) is 0 Å². The van der Waals surface area contributed by atoms with Gasteiger partial charge in [-0.25, -0.2) is 5.43 Å². The highest BCUT2D eigenvalue weighted by Gasteiger charge is 2.12. The average molecular weight is 398 g/mol. The second kappa shape index (κ2) is 8.71. The highest BCUT2D eigenvalue weighted by Crippen LogP contribution is 2.25. The number of hydrazone groups is 1. The number of hydrogen-bond donors (Lipinski definition) is 2. The van der Waals surface area contributed by atoms with Crippen LogP contribution in [0.5, 0.6) is 0 Å². The van der Waals surface area contributed by atoms with E-state index in [1.54, 1.807) is 36.5 Å². The summed E-state index contributed by atoms with van der Waals surface area (Å²) in [6, 6.07) is 20.0. The topological polar surface area (TPSA) is 53.5 Å². The fourth-order valence-corrected chi connectivity index (χ4v) is 2.77. The number of carbonyl (C=O) groups excluding carboxylic acids is 1. The maximum atomic E-state index is 12.5. The van der Waals surface area contributed by atoms with Crippen molar-refractivity contribution in [2.45, 2.75) is 6.92 Å². The number of rotatable bonds is 5. The maximum Gasteiger partial charge on any atom is 0.273 e. The Kier molecular flexibility index (Phi) is 6.12. The lowest BCUT2D eigenvalue weighted by molar-refractivity contribution is 0.0956. The number of nitrogens with zero attached hydrogens (tertiary/aromatic N) is 1. The molecule has 0 spiro atoms. The van der Waals surface area contributed by atoms with Gasteiger partial charge in [0.25, 0.3) is 5.91 Å². The van der Waals surface area contributed by atoms with E-state index in [0.29, 0.717) is 21.3 Å². The maximum absolute atomic E-state index is 12.5. The summed E-state index contributed by atoms with van der Waals surface area (Å²) in [5, 5.41) is 8.42. The smallest absolute Gasteiger partial charge is 0.273 e. The van der Waals surface area contributed by atoms with Gasteiger partial charge in [0.05, 0.1) is 17.5 Å². The zero-order valence-corrected chi connectivity index (χ0v) is 16.1. The molecule has 0 aromatic heterocycles. The molecule has 136 valence electrons. The van der Waals surface area contributed by atoms with Crippen molar-refractivity contribution in [1.82, 2.24) is 5.43 Å². The number of halogens is 2. The summed E-state index contributed by atoms with van der Waals surface area (Å²) in [6.07, 6.45) is 1.55. The number of nitrogens with one attached hydrogen (secondary N) is 2. The quantitative estimate of drug-likeness (QED) is 0.421. The molecule has 0 radical (unpaired) electrons. The summed E-state index contributed by atoms with van der Waals surface area (Å²) in [6.45, 7) is 2.00. The Bertz CT molecular complexity index is 985. The molecule has 1 amide bonds. The zero-order chi connectivity index (χ0) is 19.2. The standard InChI is InChI=1S/C21H17Cl2N3O/c1-14-3-2-4-18(11-14)25-20-12-17(23)9-10-19(20)21(27)26-24-13-15-5-7-16(22)8-6-15/h2-13,25H,1H3,(H,26,27)/b24-13+. The molecule has 0 bridgehead atoms. The summed E-state index contributed by atoms with van der Waals surface area (Å²) in [5.41, 5.74) is 6.39. The van der Waals surface area contributed by atoms with Gasteiger partial charge in [-0.15, -0.1) is 0 Å². The Morgan fingerprint density at radius 2 is 1.70 bits per heavy atom. The Morgan fingerprint density at radius 3 is 2.44 bits per heavy atom. The molecule has 0 aliphatic rings. The van der Waals surface area contributed by atoms with Crippen LogP contribution in [0.15, 0.2) is 71.8 Å². The van der Waals surface area contributed by atoms with E-state index in [4.69, 9.17) is 23.2 Å². The first kappa shape index (κ1) is 19.0. The molecule has 0 aliphatic carbocycles. The summed E-state index contributed by atoms with van der Waals surface area (Å²) in [5.74, 6) is -0.341. The molecule has 4 nitrogen and oxygen atoms in total. The molecule has 0 saturated carbocycles. The van der Waals surface area contributed by atoms with Crippen molar-refractivity contribution in [2.24, 2.45) is 5.10 Å². The van der Waals surface area contributed by atoms with E-state index in [2.05, 4.69) is 15.8 Å². The molecule has 0 unspecified atom stereocenters. The molecule has 27 heavy (non-hydrogen) atoms. The summed E-state index contributed by atoms with van der Waals surface area (Å²) in [7, 11) is 0. The lowest BCUT2D eigenvalue weighted by atomic mass is 10.1. The van der Waals surface area contributed by atoms with Gasteiger partial charge in [0, 0.05) is 15.7 Å². The molecular formula is C21H17Cl2N3O. The van der Waals surface area contributed by atoms with Gasteiger partial charge >= 0.3 is 0 Å². The Labute approximate surface area is 167 Å². The highest BCUT2D eigenvalue weighted by molar-refractivity contribution is 6.31. The Morgan fingerprint density at radius 1 is 0.963 bits per heavy atom. The van der Waals surface area contributed by atoms with Crippen LogP contribution < -0.4 is 10.7 Å². The van der Waals surface area contributed by atoms with Crippen molar-refractivity contribution >= 4 is 46.7 Å². The van der Waals surface area contributed by atoms with Crippen LogP contribution in [0.25, 0.3) is 0 Å². The van der Waals surface area contributed by atoms with E-state index in [1.807, 2.05) is 43.3 Å². The second-order valence-electron chi connectivity index (χ2n) is 5.94. The third kappa shape index (κ3) is 5.33. The van der Waals surface area contributed by atoms with Gasteiger partial charge in [-0.2, -0.15) is 5.10 Å². The number of benzene rings is 3. The molecule has 3 aromatic carbocycles. The van der Waals surface area contributed by atoms with E-state index in [0.717, 1.165) is 16.8 Å². The molecule has 2 N–H and O–H groups in total. The van der Waals surface area contributed by atoms with Gasteiger partial charge in [0.2, 0.25) is 0 Å². The number of anilines is 2. The van der Waals surface area contributed by atoms with Crippen LogP contribution in [-0.2, 0) is 0 Å². The van der Waals surface area contributed by atoms with Crippen LogP contribution in [0.1, 0.15) is 21.5 Å².